The maximum absolute atomic E-state index is 12.7. The number of rotatable bonds is 5. The van der Waals surface area contributed by atoms with Crippen molar-refractivity contribution in [1.82, 2.24) is 14.4 Å². The van der Waals surface area contributed by atoms with E-state index in [2.05, 4.69) is 22.2 Å². The van der Waals surface area contributed by atoms with Gasteiger partial charge in [-0.25, -0.2) is 4.98 Å². The summed E-state index contributed by atoms with van der Waals surface area (Å²) in [6.45, 7) is 6.11. The second-order valence-corrected chi connectivity index (χ2v) is 7.26. The second-order valence-electron chi connectivity index (χ2n) is 7.26. The van der Waals surface area contributed by atoms with E-state index in [1.165, 1.54) is 0 Å². The SMILES string of the molecule is CCc1nc2ccc(NC(=O)c3ccc(/C=C/c4cccc(C)n4)cc3)cn2c1C. The first kappa shape index (κ1) is 19.6. The molecule has 1 aromatic carbocycles. The molecule has 0 unspecified atom stereocenters. The molecular weight excluding hydrogens is 372 g/mol. The van der Waals surface area contributed by atoms with Crippen molar-refractivity contribution in [3.63, 3.8) is 0 Å². The molecule has 0 atom stereocenters. The summed E-state index contributed by atoms with van der Waals surface area (Å²) in [5.41, 5.74) is 7.32. The van der Waals surface area contributed by atoms with Gasteiger partial charge in [-0.3, -0.25) is 9.78 Å². The zero-order valence-corrected chi connectivity index (χ0v) is 17.4. The fraction of sp³-hybridized carbons (Fsp3) is 0.160. The Hall–Kier alpha value is -3.73. The molecule has 5 nitrogen and oxygen atoms in total. The molecule has 0 fully saturated rings. The Balaban J connectivity index is 1.47. The summed E-state index contributed by atoms with van der Waals surface area (Å²) < 4.78 is 2.02. The Bertz CT molecular complexity index is 1240. The number of imidazole rings is 1. The van der Waals surface area contributed by atoms with Crippen LogP contribution in [0.4, 0.5) is 5.69 Å². The lowest BCUT2D eigenvalue weighted by molar-refractivity contribution is 0.102. The van der Waals surface area contributed by atoms with Crippen LogP contribution >= 0.6 is 0 Å². The molecule has 0 saturated heterocycles. The van der Waals surface area contributed by atoms with Gasteiger partial charge in [-0.2, -0.15) is 0 Å². The summed E-state index contributed by atoms with van der Waals surface area (Å²) in [5.74, 6) is -0.140. The normalized spacial score (nSPS) is 11.3. The number of pyridine rings is 2. The molecule has 4 aromatic rings. The van der Waals surface area contributed by atoms with Crippen molar-refractivity contribution in [3.05, 3.63) is 94.7 Å². The number of nitrogens with zero attached hydrogens (tertiary/aromatic N) is 3. The van der Waals surface area contributed by atoms with Crippen LogP contribution in [0, 0.1) is 13.8 Å². The third kappa shape index (κ3) is 4.15. The van der Waals surface area contributed by atoms with E-state index in [1.54, 1.807) is 0 Å². The third-order valence-corrected chi connectivity index (χ3v) is 5.08. The van der Waals surface area contributed by atoms with Crippen molar-refractivity contribution < 1.29 is 4.79 Å². The predicted molar refractivity (Wildman–Crippen MR) is 122 cm³/mol. The highest BCUT2D eigenvalue weighted by molar-refractivity contribution is 6.04. The van der Waals surface area contributed by atoms with Crippen LogP contribution in [0.1, 0.15) is 45.6 Å². The monoisotopic (exact) mass is 396 g/mol. The number of carbonyl (C=O) groups excluding carboxylic acids is 1. The minimum Gasteiger partial charge on any atom is -0.321 e. The van der Waals surface area contributed by atoms with E-state index in [0.29, 0.717) is 5.56 Å². The molecule has 0 radical (unpaired) electrons. The molecule has 1 amide bonds. The summed E-state index contributed by atoms with van der Waals surface area (Å²) >= 11 is 0. The van der Waals surface area contributed by atoms with Gasteiger partial charge < -0.3 is 9.72 Å². The average Bonchev–Trinajstić information content (AvgIpc) is 3.08. The van der Waals surface area contributed by atoms with Gasteiger partial charge in [0, 0.05) is 23.1 Å². The van der Waals surface area contributed by atoms with Crippen LogP contribution in [-0.2, 0) is 6.42 Å². The lowest BCUT2D eigenvalue weighted by Crippen LogP contribution is -2.12. The van der Waals surface area contributed by atoms with Crippen LogP contribution in [0.2, 0.25) is 0 Å². The van der Waals surface area contributed by atoms with Gasteiger partial charge in [0.05, 0.1) is 17.1 Å². The number of benzene rings is 1. The Morgan fingerprint density at radius 1 is 1.00 bits per heavy atom. The lowest BCUT2D eigenvalue weighted by Gasteiger charge is -2.07. The van der Waals surface area contributed by atoms with Gasteiger partial charge in [0.15, 0.2) is 0 Å². The fourth-order valence-electron chi connectivity index (χ4n) is 3.41. The number of carbonyl (C=O) groups is 1. The Morgan fingerprint density at radius 3 is 2.53 bits per heavy atom. The van der Waals surface area contributed by atoms with Crippen molar-refractivity contribution >= 4 is 29.4 Å². The Labute approximate surface area is 176 Å². The first-order chi connectivity index (χ1) is 14.5. The Morgan fingerprint density at radius 2 is 1.80 bits per heavy atom. The summed E-state index contributed by atoms with van der Waals surface area (Å²) in [5, 5.41) is 2.97. The highest BCUT2D eigenvalue weighted by Gasteiger charge is 2.09. The Kier molecular flexibility index (Phi) is 5.44. The molecule has 0 aliphatic rings. The number of anilines is 1. The molecule has 0 aliphatic carbocycles. The smallest absolute Gasteiger partial charge is 0.255 e. The van der Waals surface area contributed by atoms with Crippen molar-refractivity contribution in [2.24, 2.45) is 0 Å². The first-order valence-electron chi connectivity index (χ1n) is 10.0. The van der Waals surface area contributed by atoms with E-state index in [4.69, 9.17) is 0 Å². The van der Waals surface area contributed by atoms with E-state index in [1.807, 2.05) is 91.2 Å². The van der Waals surface area contributed by atoms with Crippen LogP contribution in [-0.4, -0.2) is 20.3 Å². The molecule has 4 rings (SSSR count). The molecule has 3 heterocycles. The summed E-state index contributed by atoms with van der Waals surface area (Å²) in [6, 6.07) is 17.2. The van der Waals surface area contributed by atoms with Crippen LogP contribution < -0.4 is 5.32 Å². The largest absolute Gasteiger partial charge is 0.321 e. The van der Waals surface area contributed by atoms with Gasteiger partial charge in [0.25, 0.3) is 5.91 Å². The summed E-state index contributed by atoms with van der Waals surface area (Å²) in [7, 11) is 0. The number of aryl methyl sites for hydroxylation is 3. The molecule has 5 heteroatoms. The molecule has 1 N–H and O–H groups in total. The predicted octanol–water partition coefficient (Wildman–Crippen LogP) is 5.33. The second kappa shape index (κ2) is 8.33. The van der Waals surface area contributed by atoms with Crippen molar-refractivity contribution in [3.8, 4) is 0 Å². The third-order valence-electron chi connectivity index (χ3n) is 5.08. The van der Waals surface area contributed by atoms with Gasteiger partial charge >= 0.3 is 0 Å². The number of hydrogen-bond donors (Lipinski definition) is 1. The molecule has 0 bridgehead atoms. The van der Waals surface area contributed by atoms with Gasteiger partial charge in [0.2, 0.25) is 0 Å². The molecule has 30 heavy (non-hydrogen) atoms. The maximum atomic E-state index is 12.7. The van der Waals surface area contributed by atoms with Gasteiger partial charge in [-0.05, 0) is 68.3 Å². The van der Waals surface area contributed by atoms with E-state index in [9.17, 15) is 4.79 Å². The number of amides is 1. The van der Waals surface area contributed by atoms with Gasteiger partial charge in [0.1, 0.15) is 5.65 Å². The van der Waals surface area contributed by atoms with Crippen molar-refractivity contribution in [2.75, 3.05) is 5.32 Å². The summed E-state index contributed by atoms with van der Waals surface area (Å²) in [4.78, 5) is 21.7. The van der Waals surface area contributed by atoms with Gasteiger partial charge in [-0.15, -0.1) is 0 Å². The lowest BCUT2D eigenvalue weighted by atomic mass is 10.1. The molecule has 0 saturated carbocycles. The van der Waals surface area contributed by atoms with Crippen molar-refractivity contribution in [2.45, 2.75) is 27.2 Å². The highest BCUT2D eigenvalue weighted by atomic mass is 16.1. The molecule has 0 aliphatic heterocycles. The van der Waals surface area contributed by atoms with E-state index in [0.717, 1.165) is 46.1 Å². The van der Waals surface area contributed by atoms with Crippen LogP contribution in [0.5, 0.6) is 0 Å². The average molecular weight is 396 g/mol. The number of fused-ring (bicyclic) bond motifs is 1. The van der Waals surface area contributed by atoms with Crippen LogP contribution in [0.15, 0.2) is 60.8 Å². The zero-order valence-electron chi connectivity index (χ0n) is 17.4. The number of hydrogen-bond acceptors (Lipinski definition) is 3. The van der Waals surface area contributed by atoms with Crippen molar-refractivity contribution in [1.29, 1.82) is 0 Å². The van der Waals surface area contributed by atoms with Crippen LogP contribution in [0.3, 0.4) is 0 Å². The zero-order chi connectivity index (χ0) is 21.1. The molecular formula is C25H24N4O. The molecule has 0 spiro atoms. The van der Waals surface area contributed by atoms with Gasteiger partial charge in [-0.1, -0.05) is 31.2 Å². The molecule has 3 aromatic heterocycles. The topological polar surface area (TPSA) is 59.3 Å². The standard InChI is InChI=1S/C25H24N4O/c1-4-23-18(3)29-16-22(14-15-24(29)28-23)27-25(30)20-11-8-19(9-12-20)10-13-21-7-5-6-17(2)26-21/h5-16H,4H2,1-3H3,(H,27,30)/b13-10+. The molecule has 150 valence electrons. The quantitative estimate of drug-likeness (QED) is 0.496. The van der Waals surface area contributed by atoms with E-state index >= 15 is 0 Å². The highest BCUT2D eigenvalue weighted by Crippen LogP contribution is 2.17. The fourth-order valence-corrected chi connectivity index (χ4v) is 3.41. The number of nitrogens with one attached hydrogen (secondary N) is 1. The first-order valence-corrected chi connectivity index (χ1v) is 10.0. The maximum Gasteiger partial charge on any atom is 0.255 e. The minimum atomic E-state index is -0.140. The van der Waals surface area contributed by atoms with Crippen LogP contribution in [0.25, 0.3) is 17.8 Å². The minimum absolute atomic E-state index is 0.140. The summed E-state index contributed by atoms with van der Waals surface area (Å²) in [6.07, 6.45) is 6.76. The number of aromatic nitrogens is 3. The van der Waals surface area contributed by atoms with E-state index in [-0.39, 0.29) is 5.91 Å². The van der Waals surface area contributed by atoms with E-state index < -0.39 is 0 Å².